The third-order valence-corrected chi connectivity index (χ3v) is 3.54. The lowest BCUT2D eigenvalue weighted by molar-refractivity contribution is 0.0634. The summed E-state index contributed by atoms with van der Waals surface area (Å²) in [6, 6.07) is 13.5. The standard InChI is InChI=1S/C19H24N2O3/c1-3-23-19-17(11-7-12-21-19)18(22)20-13-8-14-24-15(2)16-9-5-4-6-10-16/h4-7,9-12,15H,3,8,13-14H2,1-2H3,(H,20,22). The second kappa shape index (κ2) is 9.67. The third kappa shape index (κ3) is 5.35. The molecule has 5 nitrogen and oxygen atoms in total. The lowest BCUT2D eigenvalue weighted by atomic mass is 10.1. The lowest BCUT2D eigenvalue weighted by Crippen LogP contribution is -2.26. The van der Waals surface area contributed by atoms with Crippen LogP contribution in [0.3, 0.4) is 0 Å². The predicted molar refractivity (Wildman–Crippen MR) is 93.2 cm³/mol. The molecule has 2 rings (SSSR count). The number of carbonyl (C=O) groups excluding carboxylic acids is 1. The van der Waals surface area contributed by atoms with Crippen molar-refractivity contribution in [2.75, 3.05) is 19.8 Å². The quantitative estimate of drug-likeness (QED) is 0.717. The summed E-state index contributed by atoms with van der Waals surface area (Å²) >= 11 is 0. The number of amides is 1. The Balaban J connectivity index is 1.72. The predicted octanol–water partition coefficient (Wildman–Crippen LogP) is 3.38. The molecule has 24 heavy (non-hydrogen) atoms. The molecule has 1 aromatic heterocycles. The second-order valence-corrected chi connectivity index (χ2v) is 5.32. The van der Waals surface area contributed by atoms with Gasteiger partial charge in [0.05, 0.1) is 12.7 Å². The van der Waals surface area contributed by atoms with E-state index in [2.05, 4.69) is 10.3 Å². The van der Waals surface area contributed by atoms with Crippen molar-refractivity contribution in [2.24, 2.45) is 0 Å². The van der Waals surface area contributed by atoms with Crippen molar-refractivity contribution in [3.8, 4) is 5.88 Å². The van der Waals surface area contributed by atoms with E-state index in [1.54, 1.807) is 18.3 Å². The molecule has 0 aliphatic rings. The van der Waals surface area contributed by atoms with Gasteiger partial charge in [0.1, 0.15) is 5.56 Å². The average Bonchev–Trinajstić information content (AvgIpc) is 2.62. The molecular formula is C19H24N2O3. The van der Waals surface area contributed by atoms with Crippen molar-refractivity contribution < 1.29 is 14.3 Å². The molecule has 1 heterocycles. The van der Waals surface area contributed by atoms with Gasteiger partial charge >= 0.3 is 0 Å². The van der Waals surface area contributed by atoms with Gasteiger partial charge in [0.25, 0.3) is 5.91 Å². The van der Waals surface area contributed by atoms with Gasteiger partial charge in [-0.15, -0.1) is 0 Å². The van der Waals surface area contributed by atoms with E-state index in [1.165, 1.54) is 0 Å². The summed E-state index contributed by atoms with van der Waals surface area (Å²) in [4.78, 5) is 16.3. The highest BCUT2D eigenvalue weighted by Gasteiger charge is 2.12. The van der Waals surface area contributed by atoms with E-state index >= 15 is 0 Å². The summed E-state index contributed by atoms with van der Waals surface area (Å²) in [6.45, 7) is 5.49. The fraction of sp³-hybridized carbons (Fsp3) is 0.368. The lowest BCUT2D eigenvalue weighted by Gasteiger charge is -2.13. The number of carbonyl (C=O) groups is 1. The maximum atomic E-state index is 12.2. The van der Waals surface area contributed by atoms with Crippen molar-refractivity contribution >= 4 is 5.91 Å². The minimum absolute atomic E-state index is 0.0461. The largest absolute Gasteiger partial charge is 0.477 e. The molecule has 1 aromatic carbocycles. The van der Waals surface area contributed by atoms with Gasteiger partial charge in [-0.3, -0.25) is 4.79 Å². The number of ether oxygens (including phenoxy) is 2. The van der Waals surface area contributed by atoms with Gasteiger partial charge in [-0.05, 0) is 38.0 Å². The molecule has 2 aromatic rings. The van der Waals surface area contributed by atoms with Crippen LogP contribution in [0.25, 0.3) is 0 Å². The number of hydrogen-bond donors (Lipinski definition) is 1. The molecule has 1 N–H and O–H groups in total. The minimum atomic E-state index is -0.178. The molecule has 0 fully saturated rings. The first-order chi connectivity index (χ1) is 11.7. The van der Waals surface area contributed by atoms with Crippen LogP contribution in [0.5, 0.6) is 5.88 Å². The molecule has 0 saturated carbocycles. The van der Waals surface area contributed by atoms with E-state index in [1.807, 2.05) is 44.2 Å². The van der Waals surface area contributed by atoms with Gasteiger partial charge in [0.2, 0.25) is 5.88 Å². The van der Waals surface area contributed by atoms with Crippen LogP contribution in [-0.2, 0) is 4.74 Å². The maximum absolute atomic E-state index is 12.2. The first kappa shape index (κ1) is 17.9. The van der Waals surface area contributed by atoms with E-state index in [-0.39, 0.29) is 12.0 Å². The fourth-order valence-electron chi connectivity index (χ4n) is 2.27. The zero-order valence-electron chi connectivity index (χ0n) is 14.2. The SMILES string of the molecule is CCOc1ncccc1C(=O)NCCCOC(C)c1ccccc1. The van der Waals surface area contributed by atoms with Gasteiger partial charge in [-0.25, -0.2) is 4.98 Å². The van der Waals surface area contributed by atoms with Gasteiger partial charge in [-0.1, -0.05) is 30.3 Å². The van der Waals surface area contributed by atoms with E-state index in [0.717, 1.165) is 12.0 Å². The Bertz CT molecular complexity index is 632. The van der Waals surface area contributed by atoms with Gasteiger partial charge in [-0.2, -0.15) is 0 Å². The van der Waals surface area contributed by atoms with Crippen molar-refractivity contribution in [3.05, 3.63) is 59.8 Å². The summed E-state index contributed by atoms with van der Waals surface area (Å²) in [6.07, 6.45) is 2.40. The van der Waals surface area contributed by atoms with Crippen LogP contribution in [-0.4, -0.2) is 30.6 Å². The molecular weight excluding hydrogens is 304 g/mol. The number of nitrogens with zero attached hydrogens (tertiary/aromatic N) is 1. The summed E-state index contributed by atoms with van der Waals surface area (Å²) < 4.78 is 11.2. The zero-order valence-corrected chi connectivity index (χ0v) is 14.2. The van der Waals surface area contributed by atoms with Gasteiger partial charge in [0.15, 0.2) is 0 Å². The second-order valence-electron chi connectivity index (χ2n) is 5.32. The topological polar surface area (TPSA) is 60.5 Å². The molecule has 0 aliphatic heterocycles. The molecule has 0 radical (unpaired) electrons. The summed E-state index contributed by atoms with van der Waals surface area (Å²) in [5.74, 6) is 0.189. The van der Waals surface area contributed by atoms with Crippen LogP contribution < -0.4 is 10.1 Å². The molecule has 0 saturated heterocycles. The number of nitrogens with one attached hydrogen (secondary N) is 1. The Labute approximate surface area is 143 Å². The normalized spacial score (nSPS) is 11.8. The zero-order chi connectivity index (χ0) is 17.2. The Morgan fingerprint density at radius 3 is 2.75 bits per heavy atom. The molecule has 1 atom stereocenters. The number of aromatic nitrogens is 1. The van der Waals surface area contributed by atoms with Crippen LogP contribution in [0.1, 0.15) is 42.3 Å². The van der Waals surface area contributed by atoms with Crippen LogP contribution in [0.2, 0.25) is 0 Å². The van der Waals surface area contributed by atoms with E-state index in [0.29, 0.717) is 31.2 Å². The highest BCUT2D eigenvalue weighted by Crippen LogP contribution is 2.16. The van der Waals surface area contributed by atoms with Crippen LogP contribution in [0, 0.1) is 0 Å². The molecule has 5 heteroatoms. The Morgan fingerprint density at radius 2 is 2.00 bits per heavy atom. The van der Waals surface area contributed by atoms with Crippen LogP contribution in [0.15, 0.2) is 48.7 Å². The number of pyridine rings is 1. The Hall–Kier alpha value is -2.40. The summed E-state index contributed by atoms with van der Waals surface area (Å²) in [7, 11) is 0. The third-order valence-electron chi connectivity index (χ3n) is 3.54. The monoisotopic (exact) mass is 328 g/mol. The number of rotatable bonds is 9. The van der Waals surface area contributed by atoms with Crippen molar-refractivity contribution in [1.29, 1.82) is 0 Å². The van der Waals surface area contributed by atoms with E-state index in [4.69, 9.17) is 9.47 Å². The first-order valence-electron chi connectivity index (χ1n) is 8.25. The molecule has 0 aliphatic carbocycles. The van der Waals surface area contributed by atoms with Gasteiger partial charge in [0, 0.05) is 19.3 Å². The average molecular weight is 328 g/mol. The maximum Gasteiger partial charge on any atom is 0.256 e. The Kier molecular flexibility index (Phi) is 7.23. The van der Waals surface area contributed by atoms with Crippen molar-refractivity contribution in [2.45, 2.75) is 26.4 Å². The fourth-order valence-corrected chi connectivity index (χ4v) is 2.27. The number of hydrogen-bond acceptors (Lipinski definition) is 4. The molecule has 1 unspecified atom stereocenters. The van der Waals surface area contributed by atoms with E-state index in [9.17, 15) is 4.79 Å². The molecule has 1 amide bonds. The molecule has 128 valence electrons. The van der Waals surface area contributed by atoms with Crippen molar-refractivity contribution in [3.63, 3.8) is 0 Å². The van der Waals surface area contributed by atoms with Crippen molar-refractivity contribution in [1.82, 2.24) is 10.3 Å². The summed E-state index contributed by atoms with van der Waals surface area (Å²) in [5.41, 5.74) is 1.61. The van der Waals surface area contributed by atoms with Crippen LogP contribution in [0.4, 0.5) is 0 Å². The molecule has 0 bridgehead atoms. The first-order valence-corrected chi connectivity index (χ1v) is 8.25. The number of benzene rings is 1. The highest BCUT2D eigenvalue weighted by molar-refractivity contribution is 5.96. The smallest absolute Gasteiger partial charge is 0.256 e. The van der Waals surface area contributed by atoms with E-state index < -0.39 is 0 Å². The minimum Gasteiger partial charge on any atom is -0.477 e. The van der Waals surface area contributed by atoms with Gasteiger partial charge < -0.3 is 14.8 Å². The van der Waals surface area contributed by atoms with Crippen LogP contribution >= 0.6 is 0 Å². The summed E-state index contributed by atoms with van der Waals surface area (Å²) in [5, 5.41) is 2.87. The highest BCUT2D eigenvalue weighted by atomic mass is 16.5. The molecule has 0 spiro atoms. The Morgan fingerprint density at radius 1 is 1.21 bits per heavy atom.